The molecule has 0 radical (unpaired) electrons. The fraction of sp³-hybridized carbons (Fsp3) is 0.565. The molecule has 6 nitrogen and oxygen atoms in total. The molecule has 2 aliphatic rings. The minimum atomic E-state index is 0.239. The van der Waals surface area contributed by atoms with Crippen LogP contribution in [0.25, 0.3) is 0 Å². The van der Waals surface area contributed by atoms with Crippen LogP contribution in [0.5, 0.6) is 0 Å². The lowest BCUT2D eigenvalue weighted by molar-refractivity contribution is 0.153. The first kappa shape index (κ1) is 20.1. The second kappa shape index (κ2) is 9.55. The number of aromatic nitrogens is 2. The molecule has 0 saturated carbocycles. The summed E-state index contributed by atoms with van der Waals surface area (Å²) in [6.07, 6.45) is 6.40. The first-order chi connectivity index (χ1) is 14.3. The smallest absolute Gasteiger partial charge is 0.224 e. The molecule has 1 fully saturated rings. The zero-order valence-electron chi connectivity index (χ0n) is 17.7. The maximum absolute atomic E-state index is 5.27. The van der Waals surface area contributed by atoms with Crippen molar-refractivity contribution in [1.82, 2.24) is 14.9 Å². The number of benzene rings is 1. The molecule has 1 unspecified atom stereocenters. The van der Waals surface area contributed by atoms with Crippen molar-refractivity contribution >= 4 is 11.8 Å². The molecular weight excluding hydrogens is 362 g/mol. The molecular formula is C23H33N5O. The highest BCUT2D eigenvalue weighted by Crippen LogP contribution is 2.26. The molecule has 0 spiro atoms. The Hall–Kier alpha value is -2.18. The highest BCUT2D eigenvalue weighted by atomic mass is 16.5. The summed E-state index contributed by atoms with van der Waals surface area (Å²) in [6.45, 7) is 7.18. The van der Waals surface area contributed by atoms with Crippen LogP contribution in [0.3, 0.4) is 0 Å². The van der Waals surface area contributed by atoms with Gasteiger partial charge in [-0.25, -0.2) is 4.98 Å². The van der Waals surface area contributed by atoms with Crippen molar-refractivity contribution in [3.63, 3.8) is 0 Å². The molecule has 6 heteroatoms. The lowest BCUT2D eigenvalue weighted by Gasteiger charge is -2.41. The fourth-order valence-corrected chi connectivity index (χ4v) is 4.53. The van der Waals surface area contributed by atoms with Gasteiger partial charge in [0.1, 0.15) is 5.82 Å². The van der Waals surface area contributed by atoms with Gasteiger partial charge in [0.05, 0.1) is 12.6 Å². The predicted molar refractivity (Wildman–Crippen MR) is 117 cm³/mol. The second-order valence-corrected chi connectivity index (χ2v) is 8.15. The van der Waals surface area contributed by atoms with Crippen molar-refractivity contribution < 1.29 is 4.74 Å². The number of hydrogen-bond acceptors (Lipinski definition) is 6. The van der Waals surface area contributed by atoms with Crippen molar-refractivity contribution in [2.24, 2.45) is 0 Å². The summed E-state index contributed by atoms with van der Waals surface area (Å²) in [5, 5.41) is 3.40. The number of ether oxygens (including phenoxy) is 1. The highest BCUT2D eigenvalue weighted by Gasteiger charge is 2.27. The number of nitrogens with zero attached hydrogens (tertiary/aromatic N) is 4. The Kier molecular flexibility index (Phi) is 6.62. The first-order valence-corrected chi connectivity index (χ1v) is 10.9. The van der Waals surface area contributed by atoms with Gasteiger partial charge >= 0.3 is 0 Å². The van der Waals surface area contributed by atoms with Crippen molar-refractivity contribution in [2.45, 2.75) is 51.2 Å². The van der Waals surface area contributed by atoms with E-state index in [2.05, 4.69) is 51.3 Å². The van der Waals surface area contributed by atoms with E-state index in [1.807, 2.05) is 12.3 Å². The molecule has 0 bridgehead atoms. The summed E-state index contributed by atoms with van der Waals surface area (Å²) in [5.74, 6) is 1.72. The largest absolute Gasteiger partial charge is 0.383 e. The molecule has 4 rings (SSSR count). The average molecular weight is 396 g/mol. The van der Waals surface area contributed by atoms with E-state index in [1.54, 1.807) is 7.11 Å². The minimum Gasteiger partial charge on any atom is -0.383 e. The monoisotopic (exact) mass is 395 g/mol. The lowest BCUT2D eigenvalue weighted by Crippen LogP contribution is -2.46. The van der Waals surface area contributed by atoms with E-state index in [4.69, 9.17) is 9.72 Å². The van der Waals surface area contributed by atoms with Crippen LogP contribution in [0.15, 0.2) is 36.5 Å². The summed E-state index contributed by atoms with van der Waals surface area (Å²) in [6, 6.07) is 11.8. The number of fused-ring (bicyclic) bond motifs is 1. The summed E-state index contributed by atoms with van der Waals surface area (Å²) >= 11 is 0. The van der Waals surface area contributed by atoms with Crippen LogP contribution in [0, 0.1) is 0 Å². The Morgan fingerprint density at radius 3 is 2.69 bits per heavy atom. The number of hydrogen-bond donors (Lipinski definition) is 1. The SMILES string of the molecule is CCC(COC)Nc1nccc(N2CCC(N3CCc4ccccc4C3)CC2)n1. The lowest BCUT2D eigenvalue weighted by atomic mass is 9.95. The summed E-state index contributed by atoms with van der Waals surface area (Å²) < 4.78 is 5.27. The molecule has 3 heterocycles. The van der Waals surface area contributed by atoms with Gasteiger partial charge in [-0.1, -0.05) is 31.2 Å². The van der Waals surface area contributed by atoms with Gasteiger partial charge in [0.15, 0.2) is 0 Å². The maximum atomic E-state index is 5.27. The Labute approximate surface area is 174 Å². The van der Waals surface area contributed by atoms with Gasteiger partial charge in [0.25, 0.3) is 0 Å². The van der Waals surface area contributed by atoms with Crippen molar-refractivity contribution in [1.29, 1.82) is 0 Å². The van der Waals surface area contributed by atoms with Crippen LogP contribution in [0.2, 0.25) is 0 Å². The minimum absolute atomic E-state index is 0.239. The zero-order chi connectivity index (χ0) is 20.1. The standard InChI is InChI=1S/C23H33N5O/c1-3-20(17-29-2)25-23-24-12-8-22(26-23)27-14-10-21(11-15-27)28-13-9-18-6-4-5-7-19(18)16-28/h4-8,12,20-21H,3,9-11,13-17H2,1-2H3,(H,24,25,26). The molecule has 0 amide bonds. The number of rotatable bonds is 7. The third-order valence-corrected chi connectivity index (χ3v) is 6.30. The number of methoxy groups -OCH3 is 1. The Morgan fingerprint density at radius 1 is 1.14 bits per heavy atom. The molecule has 156 valence electrons. The Morgan fingerprint density at radius 2 is 1.93 bits per heavy atom. The zero-order valence-corrected chi connectivity index (χ0v) is 17.7. The van der Waals surface area contributed by atoms with E-state index in [0.29, 0.717) is 18.6 Å². The molecule has 2 aromatic rings. The van der Waals surface area contributed by atoms with E-state index in [1.165, 1.54) is 36.9 Å². The second-order valence-electron chi connectivity index (χ2n) is 8.15. The third-order valence-electron chi connectivity index (χ3n) is 6.30. The number of piperidine rings is 1. The molecule has 2 aliphatic heterocycles. The van der Waals surface area contributed by atoms with E-state index in [9.17, 15) is 0 Å². The van der Waals surface area contributed by atoms with Gasteiger partial charge in [-0.2, -0.15) is 4.98 Å². The third kappa shape index (κ3) is 4.87. The van der Waals surface area contributed by atoms with Crippen LogP contribution < -0.4 is 10.2 Å². The van der Waals surface area contributed by atoms with Gasteiger partial charge in [-0.3, -0.25) is 4.90 Å². The van der Waals surface area contributed by atoms with Crippen molar-refractivity contribution in [3.8, 4) is 0 Å². The molecule has 1 aromatic heterocycles. The maximum Gasteiger partial charge on any atom is 0.224 e. The van der Waals surface area contributed by atoms with Gasteiger partial charge < -0.3 is 15.0 Å². The van der Waals surface area contributed by atoms with Crippen molar-refractivity contribution in [3.05, 3.63) is 47.7 Å². The fourth-order valence-electron chi connectivity index (χ4n) is 4.53. The van der Waals surface area contributed by atoms with Crippen LogP contribution in [-0.2, 0) is 17.7 Å². The number of nitrogens with one attached hydrogen (secondary N) is 1. The molecule has 1 N–H and O–H groups in total. The van der Waals surface area contributed by atoms with Crippen molar-refractivity contribution in [2.75, 3.05) is 43.6 Å². The normalized spacial score (nSPS) is 19.0. The Balaban J connectivity index is 1.33. The topological polar surface area (TPSA) is 53.5 Å². The van der Waals surface area contributed by atoms with Crippen LogP contribution in [0.4, 0.5) is 11.8 Å². The van der Waals surface area contributed by atoms with E-state index in [0.717, 1.165) is 31.9 Å². The summed E-state index contributed by atoms with van der Waals surface area (Å²) in [5.41, 5.74) is 3.04. The van der Waals surface area contributed by atoms with E-state index < -0.39 is 0 Å². The number of anilines is 2. The highest BCUT2D eigenvalue weighted by molar-refractivity contribution is 5.43. The van der Waals surface area contributed by atoms with E-state index in [-0.39, 0.29) is 6.04 Å². The molecule has 1 atom stereocenters. The quantitative estimate of drug-likeness (QED) is 0.776. The van der Waals surface area contributed by atoms with Gasteiger partial charge in [0.2, 0.25) is 5.95 Å². The Bertz CT molecular complexity index is 790. The molecule has 0 aliphatic carbocycles. The molecule has 1 saturated heterocycles. The van der Waals surface area contributed by atoms with Crippen LogP contribution >= 0.6 is 0 Å². The van der Waals surface area contributed by atoms with Gasteiger partial charge in [0, 0.05) is 45.5 Å². The predicted octanol–water partition coefficient (Wildman–Crippen LogP) is 3.34. The molecule has 1 aromatic carbocycles. The summed E-state index contributed by atoms with van der Waals surface area (Å²) in [4.78, 5) is 14.3. The first-order valence-electron chi connectivity index (χ1n) is 10.9. The summed E-state index contributed by atoms with van der Waals surface area (Å²) in [7, 11) is 1.73. The van der Waals surface area contributed by atoms with Crippen LogP contribution in [0.1, 0.15) is 37.3 Å². The van der Waals surface area contributed by atoms with E-state index >= 15 is 0 Å². The van der Waals surface area contributed by atoms with Gasteiger partial charge in [-0.15, -0.1) is 0 Å². The van der Waals surface area contributed by atoms with Gasteiger partial charge in [-0.05, 0) is 42.9 Å². The molecule has 29 heavy (non-hydrogen) atoms. The average Bonchev–Trinajstić information content (AvgIpc) is 2.79. The van der Waals surface area contributed by atoms with Crippen LogP contribution in [-0.4, -0.2) is 60.3 Å².